The van der Waals surface area contributed by atoms with Gasteiger partial charge in [-0.25, -0.2) is 0 Å². The molecule has 0 bridgehead atoms. The fourth-order valence-electron chi connectivity index (χ4n) is 2.42. The highest BCUT2D eigenvalue weighted by molar-refractivity contribution is 5.82. The van der Waals surface area contributed by atoms with Crippen LogP contribution in [0.3, 0.4) is 0 Å². The van der Waals surface area contributed by atoms with Gasteiger partial charge in [-0.15, -0.1) is 0 Å². The van der Waals surface area contributed by atoms with Crippen molar-refractivity contribution in [3.63, 3.8) is 0 Å². The van der Waals surface area contributed by atoms with Crippen LogP contribution in [0, 0.1) is 0 Å². The molecule has 2 rings (SSSR count). The van der Waals surface area contributed by atoms with E-state index >= 15 is 0 Å². The van der Waals surface area contributed by atoms with E-state index in [1.165, 1.54) is 12.8 Å². The van der Waals surface area contributed by atoms with E-state index in [-0.39, 0.29) is 6.04 Å². The first kappa shape index (κ1) is 9.00. The van der Waals surface area contributed by atoms with Crippen LogP contribution in [0.5, 0.6) is 0 Å². The largest absolute Gasteiger partial charge is 0.340 e. The topological polar surface area (TPSA) is 23.6 Å². The molecule has 1 atom stereocenters. The number of nitrogens with zero attached hydrogens (tertiary/aromatic N) is 2. The Morgan fingerprint density at radius 3 is 2.92 bits per heavy atom. The standard InChI is InChI=1S/C10H18N2O/c1-2-11-7-8-12-6-4-3-5-9(12)10(11)13/h9H,2-8H2,1H3/t9-/m1/s1. The molecular formula is C10H18N2O. The molecule has 2 fully saturated rings. The minimum atomic E-state index is 0.224. The van der Waals surface area contributed by atoms with Crippen molar-refractivity contribution in [1.29, 1.82) is 0 Å². The van der Waals surface area contributed by atoms with Crippen molar-refractivity contribution in [2.24, 2.45) is 0 Å². The van der Waals surface area contributed by atoms with Crippen molar-refractivity contribution in [3.05, 3.63) is 0 Å². The molecule has 2 aliphatic rings. The van der Waals surface area contributed by atoms with Gasteiger partial charge in [0.15, 0.2) is 0 Å². The van der Waals surface area contributed by atoms with Gasteiger partial charge >= 0.3 is 0 Å². The summed E-state index contributed by atoms with van der Waals surface area (Å²) in [6.07, 6.45) is 3.58. The van der Waals surface area contributed by atoms with Gasteiger partial charge in [-0.2, -0.15) is 0 Å². The lowest BCUT2D eigenvalue weighted by atomic mass is 9.99. The van der Waals surface area contributed by atoms with Crippen molar-refractivity contribution in [2.75, 3.05) is 26.2 Å². The zero-order valence-corrected chi connectivity index (χ0v) is 8.33. The number of carbonyl (C=O) groups is 1. The molecule has 0 aromatic carbocycles. The Labute approximate surface area is 79.7 Å². The number of amides is 1. The van der Waals surface area contributed by atoms with Crippen molar-refractivity contribution in [2.45, 2.75) is 32.2 Å². The maximum Gasteiger partial charge on any atom is 0.239 e. The second-order valence-electron chi connectivity index (χ2n) is 3.97. The first-order chi connectivity index (χ1) is 6.33. The van der Waals surface area contributed by atoms with Gasteiger partial charge in [0.2, 0.25) is 5.91 Å². The zero-order chi connectivity index (χ0) is 9.26. The van der Waals surface area contributed by atoms with Crippen molar-refractivity contribution in [1.82, 2.24) is 9.80 Å². The first-order valence-corrected chi connectivity index (χ1v) is 5.35. The van der Waals surface area contributed by atoms with Gasteiger partial charge in [0, 0.05) is 19.6 Å². The third-order valence-electron chi connectivity index (χ3n) is 3.25. The summed E-state index contributed by atoms with van der Waals surface area (Å²) >= 11 is 0. The number of piperazine rings is 1. The second-order valence-corrected chi connectivity index (χ2v) is 3.97. The molecule has 3 nitrogen and oxygen atoms in total. The lowest BCUT2D eigenvalue weighted by Gasteiger charge is -2.42. The Kier molecular flexibility index (Phi) is 2.54. The molecule has 0 aromatic rings. The number of fused-ring (bicyclic) bond motifs is 1. The minimum absolute atomic E-state index is 0.224. The smallest absolute Gasteiger partial charge is 0.239 e. The fourth-order valence-corrected chi connectivity index (χ4v) is 2.42. The molecule has 0 unspecified atom stereocenters. The van der Waals surface area contributed by atoms with Crippen molar-refractivity contribution < 1.29 is 4.79 Å². The van der Waals surface area contributed by atoms with Crippen LogP contribution in [0.4, 0.5) is 0 Å². The number of rotatable bonds is 1. The van der Waals surface area contributed by atoms with Gasteiger partial charge in [0.05, 0.1) is 6.04 Å². The maximum atomic E-state index is 11.9. The molecule has 2 heterocycles. The third kappa shape index (κ3) is 1.57. The van der Waals surface area contributed by atoms with Gasteiger partial charge in [-0.1, -0.05) is 6.42 Å². The molecule has 2 aliphatic heterocycles. The summed E-state index contributed by atoms with van der Waals surface area (Å²) in [5.41, 5.74) is 0. The summed E-state index contributed by atoms with van der Waals surface area (Å²) in [6, 6.07) is 0.224. The van der Waals surface area contributed by atoms with Crippen LogP contribution < -0.4 is 0 Å². The Balaban J connectivity index is 2.05. The predicted molar refractivity (Wildman–Crippen MR) is 51.5 cm³/mol. The molecule has 1 amide bonds. The van der Waals surface area contributed by atoms with E-state index in [9.17, 15) is 4.79 Å². The highest BCUT2D eigenvalue weighted by Crippen LogP contribution is 2.21. The Hall–Kier alpha value is -0.570. The maximum absolute atomic E-state index is 11.9. The molecule has 0 N–H and O–H groups in total. The van der Waals surface area contributed by atoms with E-state index in [2.05, 4.69) is 11.8 Å². The molecule has 0 radical (unpaired) electrons. The van der Waals surface area contributed by atoms with Gasteiger partial charge in [0.1, 0.15) is 0 Å². The van der Waals surface area contributed by atoms with Crippen molar-refractivity contribution in [3.8, 4) is 0 Å². The lowest BCUT2D eigenvalue weighted by molar-refractivity contribution is -0.143. The van der Waals surface area contributed by atoms with E-state index in [1.54, 1.807) is 0 Å². The van der Waals surface area contributed by atoms with Gasteiger partial charge < -0.3 is 4.90 Å². The van der Waals surface area contributed by atoms with Gasteiger partial charge in [0.25, 0.3) is 0 Å². The Morgan fingerprint density at radius 1 is 1.31 bits per heavy atom. The molecule has 0 aromatic heterocycles. The summed E-state index contributed by atoms with van der Waals surface area (Å²) in [4.78, 5) is 16.2. The number of carbonyl (C=O) groups excluding carboxylic acids is 1. The third-order valence-corrected chi connectivity index (χ3v) is 3.25. The second kappa shape index (κ2) is 3.66. The SMILES string of the molecule is CCN1CCN2CCCC[C@@H]2C1=O. The summed E-state index contributed by atoms with van der Waals surface area (Å²) in [5, 5.41) is 0. The van der Waals surface area contributed by atoms with Gasteiger partial charge in [-0.3, -0.25) is 9.69 Å². The molecule has 3 heteroatoms. The van der Waals surface area contributed by atoms with Crippen LogP contribution in [-0.2, 0) is 4.79 Å². The Bertz CT molecular complexity index is 205. The van der Waals surface area contributed by atoms with Crippen LogP contribution in [-0.4, -0.2) is 47.9 Å². The average molecular weight is 182 g/mol. The monoisotopic (exact) mass is 182 g/mol. The fraction of sp³-hybridized carbons (Fsp3) is 0.900. The minimum Gasteiger partial charge on any atom is -0.340 e. The van der Waals surface area contributed by atoms with Crippen LogP contribution in [0.1, 0.15) is 26.2 Å². The summed E-state index contributed by atoms with van der Waals surface area (Å²) in [5.74, 6) is 0.369. The molecule has 13 heavy (non-hydrogen) atoms. The summed E-state index contributed by atoms with van der Waals surface area (Å²) in [7, 11) is 0. The highest BCUT2D eigenvalue weighted by Gasteiger charge is 2.34. The molecule has 0 aliphatic carbocycles. The summed E-state index contributed by atoms with van der Waals surface area (Å²) in [6.45, 7) is 6.10. The first-order valence-electron chi connectivity index (χ1n) is 5.35. The van der Waals surface area contributed by atoms with Crippen LogP contribution in [0.25, 0.3) is 0 Å². The van der Waals surface area contributed by atoms with Crippen LogP contribution in [0.2, 0.25) is 0 Å². The molecular weight excluding hydrogens is 164 g/mol. The van der Waals surface area contributed by atoms with E-state index in [0.717, 1.165) is 32.6 Å². The number of piperidine rings is 1. The quantitative estimate of drug-likeness (QED) is 0.596. The number of hydrogen-bond acceptors (Lipinski definition) is 2. The average Bonchev–Trinajstić information content (AvgIpc) is 2.19. The van der Waals surface area contributed by atoms with E-state index in [0.29, 0.717) is 5.91 Å². The van der Waals surface area contributed by atoms with E-state index < -0.39 is 0 Å². The molecule has 2 saturated heterocycles. The van der Waals surface area contributed by atoms with E-state index in [1.807, 2.05) is 4.90 Å². The predicted octanol–water partition coefficient (Wildman–Crippen LogP) is 0.703. The molecule has 74 valence electrons. The summed E-state index contributed by atoms with van der Waals surface area (Å²) < 4.78 is 0. The number of likely N-dealkylation sites (N-methyl/N-ethyl adjacent to an activating group) is 1. The van der Waals surface area contributed by atoms with E-state index in [4.69, 9.17) is 0 Å². The normalized spacial score (nSPS) is 30.4. The molecule has 0 spiro atoms. The Morgan fingerprint density at radius 2 is 2.15 bits per heavy atom. The zero-order valence-electron chi connectivity index (χ0n) is 8.33. The van der Waals surface area contributed by atoms with Crippen molar-refractivity contribution >= 4 is 5.91 Å². The molecule has 0 saturated carbocycles. The van der Waals surface area contributed by atoms with Crippen LogP contribution in [0.15, 0.2) is 0 Å². The van der Waals surface area contributed by atoms with Gasteiger partial charge in [-0.05, 0) is 26.3 Å². The highest BCUT2D eigenvalue weighted by atomic mass is 16.2. The lowest BCUT2D eigenvalue weighted by Crippen LogP contribution is -2.58. The number of hydrogen-bond donors (Lipinski definition) is 0. The van der Waals surface area contributed by atoms with Crippen LogP contribution >= 0.6 is 0 Å².